The lowest BCUT2D eigenvalue weighted by Gasteiger charge is -2.45. The van der Waals surface area contributed by atoms with Gasteiger partial charge in [-0.15, -0.1) is 0 Å². The van der Waals surface area contributed by atoms with Crippen molar-refractivity contribution in [3.05, 3.63) is 90.3 Å². The Balaban J connectivity index is 1.41. The van der Waals surface area contributed by atoms with E-state index in [0.29, 0.717) is 36.7 Å². The number of thioether (sulfide) groups is 1. The summed E-state index contributed by atoms with van der Waals surface area (Å²) < 4.78 is 0. The predicted molar refractivity (Wildman–Crippen MR) is 170 cm³/mol. The van der Waals surface area contributed by atoms with Crippen LogP contribution in [0.5, 0.6) is 0 Å². The maximum atomic E-state index is 14.3. The van der Waals surface area contributed by atoms with Crippen molar-refractivity contribution in [1.29, 1.82) is 0 Å². The third kappa shape index (κ3) is 6.65. The highest BCUT2D eigenvalue weighted by Crippen LogP contribution is 2.36. The van der Waals surface area contributed by atoms with E-state index in [0.717, 1.165) is 28.3 Å². The number of carbonyl (C=O) groups is 2. The minimum absolute atomic E-state index is 0.0109. The Morgan fingerprint density at radius 1 is 1.07 bits per heavy atom. The zero-order valence-corrected chi connectivity index (χ0v) is 25.1. The Bertz CT molecular complexity index is 1350. The molecule has 0 spiro atoms. The molecule has 2 amide bonds. The van der Waals surface area contributed by atoms with Gasteiger partial charge in [0.1, 0.15) is 5.54 Å². The monoisotopic (exact) mass is 588 g/mol. The molecule has 0 unspecified atom stereocenters. The SMILES string of the molecule is CN(C)c1ccc(NC(=O)C2(N(Cc3cccnc3)C(=O)CN3C[C@@H](c4ccccc4)NC3=S)CCSCC2)cc1. The van der Waals surface area contributed by atoms with Gasteiger partial charge in [-0.2, -0.15) is 11.8 Å². The summed E-state index contributed by atoms with van der Waals surface area (Å²) in [6.07, 6.45) is 4.61. The number of benzene rings is 2. The van der Waals surface area contributed by atoms with Crippen molar-refractivity contribution in [2.75, 3.05) is 48.9 Å². The van der Waals surface area contributed by atoms with Gasteiger partial charge in [-0.1, -0.05) is 36.4 Å². The van der Waals surface area contributed by atoms with Crippen LogP contribution in [0.1, 0.15) is 30.0 Å². The van der Waals surface area contributed by atoms with Gasteiger partial charge in [0, 0.05) is 51.0 Å². The molecule has 3 heterocycles. The summed E-state index contributed by atoms with van der Waals surface area (Å²) >= 11 is 7.47. The first kappa shape index (κ1) is 28.9. The molecule has 1 atom stereocenters. The molecule has 2 aliphatic heterocycles. The number of nitrogens with one attached hydrogen (secondary N) is 2. The second-order valence-corrected chi connectivity index (χ2v) is 12.3. The van der Waals surface area contributed by atoms with Gasteiger partial charge in [-0.25, -0.2) is 0 Å². The van der Waals surface area contributed by atoms with E-state index in [9.17, 15) is 9.59 Å². The lowest BCUT2D eigenvalue weighted by molar-refractivity contribution is -0.147. The smallest absolute Gasteiger partial charge is 0.250 e. The number of hydrogen-bond acceptors (Lipinski definition) is 6. The van der Waals surface area contributed by atoms with Gasteiger partial charge >= 0.3 is 0 Å². The molecule has 1 aromatic heterocycles. The van der Waals surface area contributed by atoms with E-state index >= 15 is 0 Å². The van der Waals surface area contributed by atoms with Crippen LogP contribution in [-0.4, -0.2) is 75.9 Å². The third-order valence-corrected chi connectivity index (χ3v) is 9.14. The number of hydrogen-bond donors (Lipinski definition) is 2. The summed E-state index contributed by atoms with van der Waals surface area (Å²) in [7, 11) is 3.96. The van der Waals surface area contributed by atoms with Gasteiger partial charge in [0.25, 0.3) is 0 Å². The fraction of sp³-hybridized carbons (Fsp3) is 0.355. The number of rotatable bonds is 9. The molecule has 5 rings (SSSR count). The van der Waals surface area contributed by atoms with Crippen molar-refractivity contribution in [1.82, 2.24) is 20.1 Å². The van der Waals surface area contributed by atoms with Crippen LogP contribution in [-0.2, 0) is 16.1 Å². The molecule has 0 aliphatic carbocycles. The highest BCUT2D eigenvalue weighted by Gasteiger charge is 2.48. The minimum atomic E-state index is -0.994. The number of aromatic nitrogens is 1. The van der Waals surface area contributed by atoms with Crippen LogP contribution < -0.4 is 15.5 Å². The normalized spacial score (nSPS) is 18.0. The zero-order valence-electron chi connectivity index (χ0n) is 23.5. The fourth-order valence-corrected chi connectivity index (χ4v) is 6.87. The van der Waals surface area contributed by atoms with Gasteiger partial charge in [0.2, 0.25) is 11.8 Å². The van der Waals surface area contributed by atoms with Crippen LogP contribution in [0.2, 0.25) is 0 Å². The van der Waals surface area contributed by atoms with Crippen LogP contribution >= 0.6 is 24.0 Å². The van der Waals surface area contributed by atoms with E-state index in [4.69, 9.17) is 12.2 Å². The molecule has 2 fully saturated rings. The molecule has 0 saturated carbocycles. The van der Waals surface area contributed by atoms with Crippen LogP contribution in [0, 0.1) is 0 Å². The molecule has 3 aromatic rings. The number of pyridine rings is 1. The number of amides is 2. The van der Waals surface area contributed by atoms with Gasteiger partial charge in [0.15, 0.2) is 5.11 Å². The summed E-state index contributed by atoms with van der Waals surface area (Å²) in [5.74, 6) is 1.31. The maximum absolute atomic E-state index is 14.3. The van der Waals surface area contributed by atoms with Crippen molar-refractivity contribution in [3.63, 3.8) is 0 Å². The Kier molecular flexibility index (Phi) is 9.09. The fourth-order valence-electron chi connectivity index (χ4n) is 5.42. The van der Waals surface area contributed by atoms with Crippen molar-refractivity contribution in [3.8, 4) is 0 Å². The van der Waals surface area contributed by atoms with Crippen LogP contribution in [0.25, 0.3) is 0 Å². The molecule has 8 nitrogen and oxygen atoms in total. The minimum Gasteiger partial charge on any atom is -0.378 e. The molecule has 41 heavy (non-hydrogen) atoms. The van der Waals surface area contributed by atoms with Crippen LogP contribution in [0.3, 0.4) is 0 Å². The average Bonchev–Trinajstić information content (AvgIpc) is 3.37. The topological polar surface area (TPSA) is 80.8 Å². The highest BCUT2D eigenvalue weighted by atomic mass is 32.2. The summed E-state index contributed by atoms with van der Waals surface area (Å²) in [5.41, 5.74) is 2.77. The quantitative estimate of drug-likeness (QED) is 0.358. The molecule has 2 N–H and O–H groups in total. The van der Waals surface area contributed by atoms with E-state index in [1.807, 2.05) is 90.3 Å². The van der Waals surface area contributed by atoms with Crippen molar-refractivity contribution < 1.29 is 9.59 Å². The van der Waals surface area contributed by atoms with Crippen molar-refractivity contribution in [2.24, 2.45) is 0 Å². The van der Waals surface area contributed by atoms with E-state index in [-0.39, 0.29) is 24.4 Å². The third-order valence-electron chi connectivity index (χ3n) is 7.78. The first-order valence-electron chi connectivity index (χ1n) is 13.8. The van der Waals surface area contributed by atoms with Gasteiger partial charge in [-0.05, 0) is 78.0 Å². The Hall–Kier alpha value is -3.63. The molecule has 214 valence electrons. The Labute approximate surface area is 251 Å². The number of thiocarbonyl (C=S) groups is 1. The van der Waals surface area contributed by atoms with Crippen LogP contribution in [0.4, 0.5) is 11.4 Å². The van der Waals surface area contributed by atoms with Gasteiger partial charge < -0.3 is 25.3 Å². The Morgan fingerprint density at radius 2 is 1.80 bits per heavy atom. The highest BCUT2D eigenvalue weighted by molar-refractivity contribution is 7.99. The molecular formula is C31H36N6O2S2. The lowest BCUT2D eigenvalue weighted by atomic mass is 9.87. The summed E-state index contributed by atoms with van der Waals surface area (Å²) in [6.45, 7) is 0.970. The summed E-state index contributed by atoms with van der Waals surface area (Å²) in [5, 5.41) is 7.05. The van der Waals surface area contributed by atoms with E-state index < -0.39 is 5.54 Å². The maximum Gasteiger partial charge on any atom is 0.250 e. The molecule has 0 bridgehead atoms. The molecule has 0 radical (unpaired) electrons. The number of nitrogens with zero attached hydrogens (tertiary/aromatic N) is 4. The largest absolute Gasteiger partial charge is 0.378 e. The van der Waals surface area contributed by atoms with Crippen molar-refractivity contribution >= 4 is 52.3 Å². The second kappa shape index (κ2) is 12.9. The number of anilines is 2. The van der Waals surface area contributed by atoms with Gasteiger partial charge in [-0.3, -0.25) is 14.6 Å². The molecular weight excluding hydrogens is 553 g/mol. The molecule has 10 heteroatoms. The van der Waals surface area contributed by atoms with E-state index in [2.05, 4.69) is 27.8 Å². The van der Waals surface area contributed by atoms with E-state index in [1.54, 1.807) is 17.3 Å². The summed E-state index contributed by atoms with van der Waals surface area (Å²) in [6, 6.07) is 21.7. The van der Waals surface area contributed by atoms with Crippen molar-refractivity contribution in [2.45, 2.75) is 31.0 Å². The standard InChI is InChI=1S/C31H36N6O2S2/c1-35(2)26-12-10-25(11-13-26)33-29(39)31(14-17-41-18-15-31)37(20-23-7-6-16-32-19-23)28(38)22-36-21-27(34-30(36)40)24-8-4-3-5-9-24/h3-13,16,19,27H,14-15,17-18,20-22H2,1-2H3,(H,33,39)(H,34,40)/t27-/m0/s1. The van der Waals surface area contributed by atoms with Crippen LogP contribution in [0.15, 0.2) is 79.1 Å². The predicted octanol–water partition coefficient (Wildman–Crippen LogP) is 4.31. The average molecular weight is 589 g/mol. The molecule has 2 saturated heterocycles. The first-order chi connectivity index (χ1) is 19.9. The molecule has 2 aliphatic rings. The lowest BCUT2D eigenvalue weighted by Crippen LogP contribution is -2.61. The Morgan fingerprint density at radius 3 is 2.46 bits per heavy atom. The van der Waals surface area contributed by atoms with E-state index in [1.165, 1.54) is 0 Å². The van der Waals surface area contributed by atoms with Gasteiger partial charge in [0.05, 0.1) is 12.6 Å². The summed E-state index contributed by atoms with van der Waals surface area (Å²) in [4.78, 5) is 38.4. The zero-order chi connectivity index (χ0) is 28.8. The molecule has 2 aromatic carbocycles. The second-order valence-electron chi connectivity index (χ2n) is 10.7. The first-order valence-corrected chi connectivity index (χ1v) is 15.4. The number of carbonyl (C=O) groups excluding carboxylic acids is 2.